The number of urea groups is 1. The molecule has 1 aliphatic heterocycles. The van der Waals surface area contributed by atoms with Crippen molar-refractivity contribution >= 4 is 52.0 Å². The van der Waals surface area contributed by atoms with Gasteiger partial charge < -0.3 is 0 Å². The van der Waals surface area contributed by atoms with E-state index in [9.17, 15) is 9.18 Å². The first kappa shape index (κ1) is 14.6. The summed E-state index contributed by atoms with van der Waals surface area (Å²) in [5.74, 6) is -0.516. The molecule has 0 aliphatic carbocycles. The quantitative estimate of drug-likeness (QED) is 0.836. The maximum Gasteiger partial charge on any atom is 0.340 e. The van der Waals surface area contributed by atoms with Crippen LogP contribution in [0.15, 0.2) is 48.5 Å². The second kappa shape index (κ2) is 5.47. The van der Waals surface area contributed by atoms with Gasteiger partial charge in [-0.15, -0.1) is 0 Å². The smallest absolute Gasteiger partial charge is 0.281 e. The van der Waals surface area contributed by atoms with Gasteiger partial charge in [0.05, 0.1) is 11.4 Å². The van der Waals surface area contributed by atoms with Gasteiger partial charge in [0.2, 0.25) is 0 Å². The molecular formula is C15H9ClFN3OS. The SMILES string of the molecule is N=C1C(=S)N(c2ccc(F)cc2)C(=O)N1c1ccc(Cl)cc1. The third-order valence-corrected chi connectivity index (χ3v) is 3.81. The maximum absolute atomic E-state index is 13.0. The molecule has 1 aliphatic rings. The zero-order valence-electron chi connectivity index (χ0n) is 11.1. The Hall–Kier alpha value is -2.31. The average Bonchev–Trinajstić information content (AvgIpc) is 2.72. The Morgan fingerprint density at radius 1 is 0.955 bits per heavy atom. The number of benzene rings is 2. The van der Waals surface area contributed by atoms with E-state index in [1.807, 2.05) is 0 Å². The largest absolute Gasteiger partial charge is 0.340 e. The Kier molecular flexibility index (Phi) is 3.64. The maximum atomic E-state index is 13.0. The highest BCUT2D eigenvalue weighted by Crippen LogP contribution is 2.28. The second-order valence-corrected chi connectivity index (χ2v) is 5.38. The van der Waals surface area contributed by atoms with Crippen molar-refractivity contribution in [1.29, 1.82) is 5.41 Å². The summed E-state index contributed by atoms with van der Waals surface area (Å²) in [5, 5.41) is 8.60. The number of carbonyl (C=O) groups excluding carboxylic acids is 1. The van der Waals surface area contributed by atoms with E-state index in [0.29, 0.717) is 16.4 Å². The first-order valence-electron chi connectivity index (χ1n) is 6.27. The molecule has 2 amide bonds. The number of thiocarbonyl (C=S) groups is 1. The summed E-state index contributed by atoms with van der Waals surface area (Å²) in [7, 11) is 0. The molecule has 0 saturated carbocycles. The number of amidine groups is 1. The highest BCUT2D eigenvalue weighted by molar-refractivity contribution is 7.82. The standard InChI is InChI=1S/C15H9ClFN3OS/c16-9-1-5-11(6-2-9)19-13(18)14(22)20(15(19)21)12-7-3-10(17)4-8-12/h1-8,18H. The van der Waals surface area contributed by atoms with Gasteiger partial charge in [-0.25, -0.2) is 19.0 Å². The van der Waals surface area contributed by atoms with Gasteiger partial charge >= 0.3 is 6.03 Å². The lowest BCUT2D eigenvalue weighted by atomic mass is 10.3. The summed E-state index contributed by atoms with van der Waals surface area (Å²) in [4.78, 5) is 15.0. The highest BCUT2D eigenvalue weighted by atomic mass is 35.5. The van der Waals surface area contributed by atoms with Crippen LogP contribution in [0.3, 0.4) is 0 Å². The van der Waals surface area contributed by atoms with Gasteiger partial charge in [-0.2, -0.15) is 0 Å². The summed E-state index contributed by atoms with van der Waals surface area (Å²) in [6, 6.07) is 11.4. The van der Waals surface area contributed by atoms with Crippen LogP contribution in [0, 0.1) is 11.2 Å². The molecule has 3 rings (SSSR count). The molecule has 0 unspecified atom stereocenters. The predicted molar refractivity (Wildman–Crippen MR) is 88.5 cm³/mol. The van der Waals surface area contributed by atoms with Crippen molar-refractivity contribution in [3.63, 3.8) is 0 Å². The molecule has 0 spiro atoms. The van der Waals surface area contributed by atoms with Crippen molar-refractivity contribution in [2.75, 3.05) is 9.80 Å². The van der Waals surface area contributed by atoms with Gasteiger partial charge in [-0.3, -0.25) is 5.41 Å². The Morgan fingerprint density at radius 3 is 2.05 bits per heavy atom. The van der Waals surface area contributed by atoms with E-state index in [0.717, 1.165) is 0 Å². The summed E-state index contributed by atoms with van der Waals surface area (Å²) in [6.07, 6.45) is 0. The van der Waals surface area contributed by atoms with Crippen LogP contribution in [0.5, 0.6) is 0 Å². The van der Waals surface area contributed by atoms with Gasteiger partial charge in [-0.05, 0) is 48.5 Å². The number of anilines is 2. The molecule has 1 saturated heterocycles. The normalized spacial score (nSPS) is 14.9. The minimum atomic E-state index is -0.482. The molecule has 7 heteroatoms. The lowest BCUT2D eigenvalue weighted by molar-refractivity contribution is 0.257. The molecule has 4 nitrogen and oxygen atoms in total. The van der Waals surface area contributed by atoms with Gasteiger partial charge in [0, 0.05) is 5.02 Å². The molecule has 0 aromatic heterocycles. The van der Waals surface area contributed by atoms with Crippen LogP contribution < -0.4 is 9.80 Å². The molecule has 1 N–H and O–H groups in total. The van der Waals surface area contributed by atoms with E-state index in [-0.39, 0.29) is 10.8 Å². The minimum Gasteiger partial charge on any atom is -0.281 e. The monoisotopic (exact) mass is 333 g/mol. The van der Waals surface area contributed by atoms with Crippen molar-refractivity contribution in [3.05, 3.63) is 59.4 Å². The van der Waals surface area contributed by atoms with E-state index >= 15 is 0 Å². The number of halogens is 2. The summed E-state index contributed by atoms with van der Waals surface area (Å²) in [6.45, 7) is 0. The summed E-state index contributed by atoms with van der Waals surface area (Å²) < 4.78 is 13.0. The Bertz CT molecular complexity index is 711. The minimum absolute atomic E-state index is 0.0616. The van der Waals surface area contributed by atoms with Crippen LogP contribution in [0.25, 0.3) is 0 Å². The molecule has 110 valence electrons. The van der Waals surface area contributed by atoms with Crippen molar-refractivity contribution in [2.24, 2.45) is 0 Å². The third kappa shape index (κ3) is 2.36. The molecule has 0 atom stereocenters. The average molecular weight is 334 g/mol. The number of amides is 2. The van der Waals surface area contributed by atoms with E-state index in [1.165, 1.54) is 34.1 Å². The fourth-order valence-corrected chi connectivity index (χ4v) is 2.53. The zero-order valence-corrected chi connectivity index (χ0v) is 12.7. The van der Waals surface area contributed by atoms with E-state index in [4.69, 9.17) is 29.2 Å². The van der Waals surface area contributed by atoms with Crippen LogP contribution in [-0.4, -0.2) is 16.9 Å². The summed E-state index contributed by atoms with van der Waals surface area (Å²) in [5.41, 5.74) is 0.906. The van der Waals surface area contributed by atoms with Crippen LogP contribution >= 0.6 is 23.8 Å². The molecule has 1 fully saturated rings. The first-order valence-corrected chi connectivity index (χ1v) is 7.06. The number of carbonyl (C=O) groups is 1. The Labute approximate surface area is 136 Å². The van der Waals surface area contributed by atoms with Crippen molar-refractivity contribution < 1.29 is 9.18 Å². The van der Waals surface area contributed by atoms with E-state index in [2.05, 4.69) is 0 Å². The number of nitrogens with one attached hydrogen (secondary N) is 1. The lowest BCUT2D eigenvalue weighted by Gasteiger charge is -2.17. The number of hydrogen-bond donors (Lipinski definition) is 1. The van der Waals surface area contributed by atoms with Crippen molar-refractivity contribution in [1.82, 2.24) is 0 Å². The van der Waals surface area contributed by atoms with Gasteiger partial charge in [0.15, 0.2) is 10.8 Å². The number of hydrogen-bond acceptors (Lipinski definition) is 3. The first-order chi connectivity index (χ1) is 10.5. The summed E-state index contributed by atoms with van der Waals surface area (Å²) >= 11 is 11.0. The van der Waals surface area contributed by atoms with Crippen LogP contribution in [0.1, 0.15) is 0 Å². The number of nitrogens with zero attached hydrogens (tertiary/aromatic N) is 2. The van der Waals surface area contributed by atoms with E-state index in [1.54, 1.807) is 24.3 Å². The van der Waals surface area contributed by atoms with Gasteiger partial charge in [0.1, 0.15) is 5.82 Å². The fraction of sp³-hybridized carbons (Fsp3) is 0. The van der Waals surface area contributed by atoms with Crippen LogP contribution in [0.2, 0.25) is 5.02 Å². The lowest BCUT2D eigenvalue weighted by Crippen LogP contribution is -2.33. The van der Waals surface area contributed by atoms with Gasteiger partial charge in [0.25, 0.3) is 0 Å². The molecule has 22 heavy (non-hydrogen) atoms. The highest BCUT2D eigenvalue weighted by Gasteiger charge is 2.40. The molecule has 2 aromatic rings. The molecule has 2 aromatic carbocycles. The molecule has 1 heterocycles. The molecule has 0 bridgehead atoms. The second-order valence-electron chi connectivity index (χ2n) is 4.56. The van der Waals surface area contributed by atoms with Gasteiger partial charge in [-0.1, -0.05) is 23.8 Å². The Morgan fingerprint density at radius 2 is 1.45 bits per heavy atom. The zero-order chi connectivity index (χ0) is 15.9. The van der Waals surface area contributed by atoms with Crippen LogP contribution in [-0.2, 0) is 0 Å². The Balaban J connectivity index is 2.00. The fourth-order valence-electron chi connectivity index (χ4n) is 2.13. The van der Waals surface area contributed by atoms with Crippen LogP contribution in [0.4, 0.5) is 20.6 Å². The predicted octanol–water partition coefficient (Wildman–Crippen LogP) is 4.23. The van der Waals surface area contributed by atoms with E-state index < -0.39 is 11.8 Å². The topological polar surface area (TPSA) is 47.4 Å². The van der Waals surface area contributed by atoms with Crippen molar-refractivity contribution in [2.45, 2.75) is 0 Å². The molecular weight excluding hydrogens is 325 g/mol. The number of rotatable bonds is 2. The third-order valence-electron chi connectivity index (χ3n) is 3.18. The molecule has 0 radical (unpaired) electrons. The van der Waals surface area contributed by atoms with Crippen molar-refractivity contribution in [3.8, 4) is 0 Å².